The molecule has 1 aromatic heterocycles. The van der Waals surface area contributed by atoms with E-state index in [1.807, 2.05) is 12.1 Å². The predicted molar refractivity (Wildman–Crippen MR) is 92.6 cm³/mol. The summed E-state index contributed by atoms with van der Waals surface area (Å²) >= 11 is 3.40. The molecule has 0 saturated heterocycles. The van der Waals surface area contributed by atoms with Gasteiger partial charge in [-0.15, -0.1) is 0 Å². The number of oxazole rings is 1. The number of amides is 1. The van der Waals surface area contributed by atoms with Crippen molar-refractivity contribution in [2.24, 2.45) is 5.10 Å². The molecule has 0 aliphatic heterocycles. The molecule has 0 aliphatic rings. The molecule has 24 heavy (non-hydrogen) atoms. The van der Waals surface area contributed by atoms with Crippen LogP contribution in [-0.2, 0) is 0 Å². The van der Waals surface area contributed by atoms with E-state index < -0.39 is 5.91 Å². The molecular weight excluding hydrogens is 378 g/mol. The lowest BCUT2D eigenvalue weighted by molar-refractivity contribution is 0.0912. The Morgan fingerprint density at radius 3 is 3.08 bits per heavy atom. The highest BCUT2D eigenvalue weighted by Crippen LogP contribution is 2.21. The molecule has 1 aromatic carbocycles. The van der Waals surface area contributed by atoms with Crippen LogP contribution in [0.1, 0.15) is 23.2 Å². The second kappa shape index (κ2) is 8.88. The second-order valence-corrected chi connectivity index (χ2v) is 5.25. The summed E-state index contributed by atoms with van der Waals surface area (Å²) in [6.45, 7) is 6.23. The molecule has 0 spiro atoms. The Hall–Kier alpha value is -2.61. The van der Waals surface area contributed by atoms with Gasteiger partial charge >= 0.3 is 11.9 Å². The van der Waals surface area contributed by atoms with E-state index in [1.165, 1.54) is 12.4 Å². The molecule has 2 aromatic rings. The van der Waals surface area contributed by atoms with Crippen molar-refractivity contribution in [2.45, 2.75) is 6.92 Å². The van der Waals surface area contributed by atoms with Gasteiger partial charge in [-0.25, -0.2) is 10.4 Å². The maximum absolute atomic E-state index is 11.9. The van der Waals surface area contributed by atoms with Crippen LogP contribution in [0.3, 0.4) is 0 Å². The first-order chi connectivity index (χ1) is 11.6. The highest BCUT2D eigenvalue weighted by molar-refractivity contribution is 9.10. The van der Waals surface area contributed by atoms with Gasteiger partial charge in [-0.05, 0) is 25.1 Å². The van der Waals surface area contributed by atoms with Crippen LogP contribution in [0.25, 0.3) is 0 Å². The summed E-state index contributed by atoms with van der Waals surface area (Å²) in [5.74, 6) is 0.145. The van der Waals surface area contributed by atoms with Gasteiger partial charge in [0.25, 0.3) is 5.89 Å². The Morgan fingerprint density at radius 2 is 2.33 bits per heavy atom. The molecule has 0 saturated carbocycles. The first-order valence-corrected chi connectivity index (χ1v) is 7.88. The summed E-state index contributed by atoms with van der Waals surface area (Å²) < 4.78 is 16.5. The molecule has 0 radical (unpaired) electrons. The number of rotatable bonds is 8. The molecule has 1 amide bonds. The number of ether oxygens (including phenoxy) is 2. The van der Waals surface area contributed by atoms with E-state index >= 15 is 0 Å². The Morgan fingerprint density at radius 1 is 1.50 bits per heavy atom. The van der Waals surface area contributed by atoms with Gasteiger partial charge in [0.05, 0.1) is 12.8 Å². The number of hydrogen-bond donors (Lipinski definition) is 1. The molecule has 126 valence electrons. The van der Waals surface area contributed by atoms with Gasteiger partial charge in [-0.3, -0.25) is 4.79 Å². The van der Waals surface area contributed by atoms with Crippen LogP contribution in [0.5, 0.6) is 11.7 Å². The molecule has 2 rings (SSSR count). The first-order valence-electron chi connectivity index (χ1n) is 7.09. The summed E-state index contributed by atoms with van der Waals surface area (Å²) in [4.78, 5) is 15.7. The fourth-order valence-corrected chi connectivity index (χ4v) is 2.00. The molecule has 0 unspecified atom stereocenters. The highest BCUT2D eigenvalue weighted by atomic mass is 79.9. The standard InChI is InChI=1S/C16H16BrN3O4/c1-3-7-23-12-5-6-13(17)11(8-12)9-19-20-15(21)16-18-10-14(24-16)22-4-2/h3,5-6,8-10H,1,4,7H2,2H3,(H,20,21)/b19-9-. The molecule has 8 heteroatoms. The smallest absolute Gasteiger partial charge is 0.327 e. The summed E-state index contributed by atoms with van der Waals surface area (Å²) in [7, 11) is 0. The average molecular weight is 394 g/mol. The number of nitrogens with one attached hydrogen (secondary N) is 1. The van der Waals surface area contributed by atoms with Crippen molar-refractivity contribution in [3.05, 3.63) is 53.0 Å². The zero-order chi connectivity index (χ0) is 17.4. The summed E-state index contributed by atoms with van der Waals surface area (Å²) in [6, 6.07) is 5.41. The fraction of sp³-hybridized carbons (Fsp3) is 0.188. The van der Waals surface area contributed by atoms with Crippen LogP contribution < -0.4 is 14.9 Å². The predicted octanol–water partition coefficient (Wildman–Crippen LogP) is 3.16. The minimum absolute atomic E-state index is 0.127. The maximum Gasteiger partial charge on any atom is 0.327 e. The number of carbonyl (C=O) groups is 1. The first kappa shape index (κ1) is 17.7. The van der Waals surface area contributed by atoms with Gasteiger partial charge in [0.2, 0.25) is 0 Å². The zero-order valence-electron chi connectivity index (χ0n) is 13.0. The maximum atomic E-state index is 11.9. The van der Waals surface area contributed by atoms with Gasteiger partial charge < -0.3 is 13.9 Å². The van der Waals surface area contributed by atoms with Crippen LogP contribution in [0.4, 0.5) is 0 Å². The van der Waals surface area contributed by atoms with Crippen molar-refractivity contribution < 1.29 is 18.7 Å². The van der Waals surface area contributed by atoms with Gasteiger partial charge in [0.1, 0.15) is 18.6 Å². The Kier molecular flexibility index (Phi) is 6.56. The molecule has 0 bridgehead atoms. The van der Waals surface area contributed by atoms with E-state index in [0.717, 1.165) is 10.0 Å². The van der Waals surface area contributed by atoms with Crippen molar-refractivity contribution in [3.63, 3.8) is 0 Å². The van der Waals surface area contributed by atoms with Crippen LogP contribution in [-0.4, -0.2) is 30.3 Å². The number of hydrazone groups is 1. The third-order valence-corrected chi connectivity index (χ3v) is 3.39. The van der Waals surface area contributed by atoms with E-state index in [9.17, 15) is 4.79 Å². The largest absolute Gasteiger partial charge is 0.490 e. The van der Waals surface area contributed by atoms with E-state index in [1.54, 1.807) is 19.1 Å². The minimum atomic E-state index is -0.576. The number of carbonyl (C=O) groups excluding carboxylic acids is 1. The van der Waals surface area contributed by atoms with Gasteiger partial charge in [-0.1, -0.05) is 28.6 Å². The van der Waals surface area contributed by atoms with E-state index in [-0.39, 0.29) is 11.8 Å². The Balaban J connectivity index is 1.99. The zero-order valence-corrected chi connectivity index (χ0v) is 14.6. The van der Waals surface area contributed by atoms with E-state index in [0.29, 0.717) is 19.0 Å². The molecular formula is C16H16BrN3O4. The van der Waals surface area contributed by atoms with Crippen molar-refractivity contribution in [3.8, 4) is 11.7 Å². The normalized spacial score (nSPS) is 10.6. The van der Waals surface area contributed by atoms with Crippen molar-refractivity contribution >= 4 is 28.1 Å². The molecule has 1 heterocycles. The second-order valence-electron chi connectivity index (χ2n) is 4.40. The highest BCUT2D eigenvalue weighted by Gasteiger charge is 2.12. The molecule has 0 atom stereocenters. The van der Waals surface area contributed by atoms with Gasteiger partial charge in [0.15, 0.2) is 0 Å². The number of halogens is 1. The Labute approximate surface area is 147 Å². The van der Waals surface area contributed by atoms with E-state index in [2.05, 4.69) is 38.0 Å². The number of hydrogen-bond acceptors (Lipinski definition) is 6. The third-order valence-electron chi connectivity index (χ3n) is 2.67. The lowest BCUT2D eigenvalue weighted by Crippen LogP contribution is -2.17. The molecule has 7 nitrogen and oxygen atoms in total. The van der Waals surface area contributed by atoms with Crippen molar-refractivity contribution in [1.82, 2.24) is 10.4 Å². The monoisotopic (exact) mass is 393 g/mol. The Bertz CT molecular complexity index is 743. The van der Waals surface area contributed by atoms with Gasteiger partial charge in [0, 0.05) is 10.0 Å². The van der Waals surface area contributed by atoms with Gasteiger partial charge in [-0.2, -0.15) is 5.10 Å². The topological polar surface area (TPSA) is 86.0 Å². The van der Waals surface area contributed by atoms with Crippen LogP contribution in [0, 0.1) is 0 Å². The fourth-order valence-electron chi connectivity index (χ4n) is 1.65. The SMILES string of the molecule is C=CCOc1ccc(Br)c(/C=N\NC(=O)c2ncc(OCC)o2)c1. The summed E-state index contributed by atoms with van der Waals surface area (Å²) in [6.07, 6.45) is 4.47. The number of aromatic nitrogens is 1. The lowest BCUT2D eigenvalue weighted by atomic mass is 10.2. The third kappa shape index (κ3) is 4.95. The van der Waals surface area contributed by atoms with Crippen LogP contribution >= 0.6 is 15.9 Å². The summed E-state index contributed by atoms with van der Waals surface area (Å²) in [5, 5.41) is 3.88. The molecule has 0 fully saturated rings. The quantitative estimate of drug-likeness (QED) is 0.422. The number of nitrogens with zero attached hydrogens (tertiary/aromatic N) is 2. The molecule has 0 aliphatic carbocycles. The van der Waals surface area contributed by atoms with Crippen LogP contribution in [0.15, 0.2) is 51.0 Å². The average Bonchev–Trinajstić information content (AvgIpc) is 3.04. The van der Waals surface area contributed by atoms with Crippen LogP contribution in [0.2, 0.25) is 0 Å². The minimum Gasteiger partial charge on any atom is -0.490 e. The lowest BCUT2D eigenvalue weighted by Gasteiger charge is -2.05. The number of benzene rings is 1. The molecule has 1 N–H and O–H groups in total. The van der Waals surface area contributed by atoms with Crippen molar-refractivity contribution in [1.29, 1.82) is 0 Å². The van der Waals surface area contributed by atoms with Crippen molar-refractivity contribution in [2.75, 3.05) is 13.2 Å². The van der Waals surface area contributed by atoms with E-state index in [4.69, 9.17) is 13.9 Å². The summed E-state index contributed by atoms with van der Waals surface area (Å²) in [5.41, 5.74) is 3.07.